The summed E-state index contributed by atoms with van der Waals surface area (Å²) < 4.78 is 33.2. The van der Waals surface area contributed by atoms with Crippen molar-refractivity contribution in [2.24, 2.45) is 0 Å². The van der Waals surface area contributed by atoms with Crippen LogP contribution in [-0.4, -0.2) is 62.4 Å². The standard InChI is InChI=1S/C12H24N4O3S/c1-5-16(11(2)10-19-4)20(17,18)12-8-14-15(9-12)7-6-13-3/h8-9,11,13H,5-7,10H2,1-4H3. The van der Waals surface area contributed by atoms with Crippen molar-refractivity contribution in [2.45, 2.75) is 31.3 Å². The maximum absolute atomic E-state index is 12.6. The van der Waals surface area contributed by atoms with Crippen LogP contribution in [0.1, 0.15) is 13.8 Å². The lowest BCUT2D eigenvalue weighted by atomic mass is 10.4. The van der Waals surface area contributed by atoms with Crippen molar-refractivity contribution in [1.82, 2.24) is 19.4 Å². The van der Waals surface area contributed by atoms with E-state index in [-0.39, 0.29) is 10.9 Å². The highest BCUT2D eigenvalue weighted by Gasteiger charge is 2.28. The number of aromatic nitrogens is 2. The smallest absolute Gasteiger partial charge is 0.246 e. The Morgan fingerprint density at radius 1 is 1.55 bits per heavy atom. The number of likely N-dealkylation sites (N-methyl/N-ethyl adjacent to an activating group) is 2. The molecule has 7 nitrogen and oxygen atoms in total. The molecule has 0 aliphatic heterocycles. The number of ether oxygens (including phenoxy) is 1. The molecule has 0 aliphatic carbocycles. The highest BCUT2D eigenvalue weighted by Crippen LogP contribution is 2.17. The molecule has 1 aromatic heterocycles. The molecule has 1 heterocycles. The van der Waals surface area contributed by atoms with Crippen molar-refractivity contribution in [1.29, 1.82) is 0 Å². The van der Waals surface area contributed by atoms with Crippen LogP contribution in [0.25, 0.3) is 0 Å². The van der Waals surface area contributed by atoms with Gasteiger partial charge in [0.25, 0.3) is 0 Å². The average Bonchev–Trinajstić information content (AvgIpc) is 2.86. The summed E-state index contributed by atoms with van der Waals surface area (Å²) in [6.07, 6.45) is 2.96. The van der Waals surface area contributed by atoms with Gasteiger partial charge in [-0.15, -0.1) is 0 Å². The second-order valence-electron chi connectivity index (χ2n) is 4.56. The van der Waals surface area contributed by atoms with Gasteiger partial charge in [0.1, 0.15) is 4.90 Å². The molecule has 1 atom stereocenters. The molecule has 0 bridgehead atoms. The molecule has 8 heteroatoms. The fourth-order valence-corrected chi connectivity index (χ4v) is 3.59. The Labute approximate surface area is 121 Å². The Balaban J connectivity index is 2.93. The minimum atomic E-state index is -3.53. The second kappa shape index (κ2) is 7.72. The van der Waals surface area contributed by atoms with E-state index in [1.165, 1.54) is 10.5 Å². The van der Waals surface area contributed by atoms with E-state index >= 15 is 0 Å². The molecule has 20 heavy (non-hydrogen) atoms. The summed E-state index contributed by atoms with van der Waals surface area (Å²) in [7, 11) is -0.125. The van der Waals surface area contributed by atoms with E-state index < -0.39 is 10.0 Å². The summed E-state index contributed by atoms with van der Waals surface area (Å²) in [6, 6.07) is -0.212. The zero-order valence-electron chi connectivity index (χ0n) is 12.5. The van der Waals surface area contributed by atoms with Crippen LogP contribution >= 0.6 is 0 Å². The predicted octanol–water partition coefficient (Wildman–Crippen LogP) is 0.148. The number of hydrogen-bond acceptors (Lipinski definition) is 5. The minimum absolute atomic E-state index is 0.212. The maximum atomic E-state index is 12.6. The fourth-order valence-electron chi connectivity index (χ4n) is 2.00. The predicted molar refractivity (Wildman–Crippen MR) is 77.1 cm³/mol. The number of methoxy groups -OCH3 is 1. The quantitative estimate of drug-likeness (QED) is 0.703. The van der Waals surface area contributed by atoms with Gasteiger partial charge in [-0.1, -0.05) is 6.92 Å². The zero-order chi connectivity index (χ0) is 15.2. The Morgan fingerprint density at radius 3 is 2.80 bits per heavy atom. The van der Waals surface area contributed by atoms with Crippen molar-refractivity contribution in [3.63, 3.8) is 0 Å². The van der Waals surface area contributed by atoms with Gasteiger partial charge in [-0.25, -0.2) is 8.42 Å². The van der Waals surface area contributed by atoms with Crippen molar-refractivity contribution in [3.05, 3.63) is 12.4 Å². The van der Waals surface area contributed by atoms with Crippen LogP contribution in [0.4, 0.5) is 0 Å². The van der Waals surface area contributed by atoms with Crippen LogP contribution in [0, 0.1) is 0 Å². The SMILES string of the molecule is CCN(C(C)COC)S(=O)(=O)c1cnn(CCNC)c1. The molecule has 1 aromatic rings. The van der Waals surface area contributed by atoms with E-state index in [1.807, 2.05) is 20.9 Å². The summed E-state index contributed by atoms with van der Waals surface area (Å²) in [5, 5.41) is 7.08. The summed E-state index contributed by atoms with van der Waals surface area (Å²) in [6.45, 7) is 5.77. The first kappa shape index (κ1) is 17.1. The van der Waals surface area contributed by atoms with E-state index in [1.54, 1.807) is 18.0 Å². The third-order valence-corrected chi connectivity index (χ3v) is 5.06. The number of hydrogen-bond donors (Lipinski definition) is 1. The third-order valence-electron chi connectivity index (χ3n) is 3.02. The van der Waals surface area contributed by atoms with Gasteiger partial charge >= 0.3 is 0 Å². The highest BCUT2D eigenvalue weighted by molar-refractivity contribution is 7.89. The van der Waals surface area contributed by atoms with Gasteiger partial charge in [0.05, 0.1) is 19.3 Å². The average molecular weight is 304 g/mol. The van der Waals surface area contributed by atoms with Gasteiger partial charge in [0, 0.05) is 32.4 Å². The summed E-state index contributed by atoms with van der Waals surface area (Å²) in [5.41, 5.74) is 0. The van der Waals surface area contributed by atoms with Gasteiger partial charge in [0.2, 0.25) is 10.0 Å². The van der Waals surface area contributed by atoms with Crippen LogP contribution in [-0.2, 0) is 21.3 Å². The summed E-state index contributed by atoms with van der Waals surface area (Å²) in [4.78, 5) is 0.221. The normalized spacial score (nSPS) is 13.8. The highest BCUT2D eigenvalue weighted by atomic mass is 32.2. The number of nitrogens with zero attached hydrogens (tertiary/aromatic N) is 3. The van der Waals surface area contributed by atoms with Crippen molar-refractivity contribution >= 4 is 10.0 Å². The minimum Gasteiger partial charge on any atom is -0.383 e. The molecule has 116 valence electrons. The van der Waals surface area contributed by atoms with E-state index in [9.17, 15) is 8.42 Å². The number of rotatable bonds is 9. The van der Waals surface area contributed by atoms with E-state index in [4.69, 9.17) is 4.74 Å². The monoisotopic (exact) mass is 304 g/mol. The second-order valence-corrected chi connectivity index (χ2v) is 6.45. The lowest BCUT2D eigenvalue weighted by molar-refractivity contribution is 0.142. The molecule has 0 aromatic carbocycles. The van der Waals surface area contributed by atoms with Crippen LogP contribution in [0.5, 0.6) is 0 Å². The molecule has 0 saturated heterocycles. The van der Waals surface area contributed by atoms with Gasteiger partial charge in [-0.05, 0) is 14.0 Å². The Bertz CT molecular complexity index is 501. The maximum Gasteiger partial charge on any atom is 0.246 e. The molecule has 0 saturated carbocycles. The Hall–Kier alpha value is -0.960. The van der Waals surface area contributed by atoms with E-state index in [0.29, 0.717) is 19.7 Å². The van der Waals surface area contributed by atoms with Crippen LogP contribution in [0.15, 0.2) is 17.3 Å². The third kappa shape index (κ3) is 4.02. The molecule has 1 N–H and O–H groups in total. The number of nitrogens with one attached hydrogen (secondary N) is 1. The van der Waals surface area contributed by atoms with Crippen molar-refractivity contribution in [3.8, 4) is 0 Å². The van der Waals surface area contributed by atoms with Gasteiger partial charge in [0.15, 0.2) is 0 Å². The molecule has 1 rings (SSSR count). The number of sulfonamides is 1. The summed E-state index contributed by atoms with van der Waals surface area (Å²) >= 11 is 0. The van der Waals surface area contributed by atoms with Gasteiger partial charge in [-0.2, -0.15) is 9.40 Å². The first-order valence-corrected chi connectivity index (χ1v) is 8.09. The molecule has 0 aliphatic rings. The van der Waals surface area contributed by atoms with Crippen molar-refractivity contribution < 1.29 is 13.2 Å². The molecule has 0 fully saturated rings. The Morgan fingerprint density at radius 2 is 2.25 bits per heavy atom. The van der Waals surface area contributed by atoms with Crippen molar-refractivity contribution in [2.75, 3.05) is 33.9 Å². The fraction of sp³-hybridized carbons (Fsp3) is 0.750. The van der Waals surface area contributed by atoms with Gasteiger partial charge < -0.3 is 10.1 Å². The molecule has 1 unspecified atom stereocenters. The first-order chi connectivity index (χ1) is 9.47. The van der Waals surface area contributed by atoms with Crippen LogP contribution in [0.3, 0.4) is 0 Å². The molecule has 0 amide bonds. The first-order valence-electron chi connectivity index (χ1n) is 6.65. The zero-order valence-corrected chi connectivity index (χ0v) is 13.4. The lowest BCUT2D eigenvalue weighted by Crippen LogP contribution is -2.40. The lowest BCUT2D eigenvalue weighted by Gasteiger charge is -2.25. The molecular weight excluding hydrogens is 280 g/mol. The topological polar surface area (TPSA) is 76.5 Å². The van der Waals surface area contributed by atoms with E-state index in [0.717, 1.165) is 6.54 Å². The summed E-state index contributed by atoms with van der Waals surface area (Å²) in [5.74, 6) is 0. The molecule has 0 spiro atoms. The molecule has 0 radical (unpaired) electrons. The largest absolute Gasteiger partial charge is 0.383 e. The van der Waals surface area contributed by atoms with Gasteiger partial charge in [-0.3, -0.25) is 4.68 Å². The molecular formula is C12H24N4O3S. The Kier molecular flexibility index (Phi) is 6.60. The van der Waals surface area contributed by atoms with Crippen LogP contribution in [0.2, 0.25) is 0 Å². The van der Waals surface area contributed by atoms with Crippen LogP contribution < -0.4 is 5.32 Å². The van der Waals surface area contributed by atoms with E-state index in [2.05, 4.69) is 10.4 Å².